The summed E-state index contributed by atoms with van der Waals surface area (Å²) in [5.41, 5.74) is -0.0108. The van der Waals surface area contributed by atoms with Crippen molar-refractivity contribution in [3.8, 4) is 0 Å². The lowest BCUT2D eigenvalue weighted by molar-refractivity contribution is -0.396. The number of carbonyl (C=O) groups is 1. The highest BCUT2D eigenvalue weighted by molar-refractivity contribution is 8.14. The van der Waals surface area contributed by atoms with Crippen LogP contribution in [-0.2, 0) is 0 Å². The number of carbonyl (C=O) groups excluding carboxylic acids is 1. The maximum atomic E-state index is 13.6. The lowest BCUT2D eigenvalue weighted by atomic mass is 10.00. The molecule has 26 heavy (non-hydrogen) atoms. The van der Waals surface area contributed by atoms with Gasteiger partial charge in [0.2, 0.25) is 5.12 Å². The van der Waals surface area contributed by atoms with Gasteiger partial charge in [0, 0.05) is 23.1 Å². The normalized spacial score (nSPS) is 15.0. The van der Waals surface area contributed by atoms with Crippen molar-refractivity contribution in [2.24, 2.45) is 0 Å². The van der Waals surface area contributed by atoms with E-state index in [0.717, 1.165) is 0 Å². The van der Waals surface area contributed by atoms with Crippen molar-refractivity contribution >= 4 is 28.5 Å². The monoisotopic (exact) mass is 432 g/mol. The minimum Gasteiger partial charge on any atom is -0.282 e. The third-order valence-corrected chi connectivity index (χ3v) is 4.82. The second kappa shape index (κ2) is 7.87. The standard InChI is InChI=1S/C14H10ClF9OS/c15-7-9(26-10(25)8-4-2-1-3-5-8)6-11(16,17)12(18,19)13(20,21)14(22,23)24/h1-5,9H,6-7H2. The molecule has 0 aliphatic carbocycles. The first-order valence-electron chi connectivity index (χ1n) is 6.69. The fourth-order valence-corrected chi connectivity index (χ4v) is 2.97. The van der Waals surface area contributed by atoms with Gasteiger partial charge in [0.25, 0.3) is 0 Å². The van der Waals surface area contributed by atoms with Crippen LogP contribution in [0, 0.1) is 0 Å². The van der Waals surface area contributed by atoms with Crippen molar-refractivity contribution in [1.29, 1.82) is 0 Å². The molecule has 0 heterocycles. The predicted octanol–water partition coefficient (Wildman–Crippen LogP) is 6.03. The molecular weight excluding hydrogens is 423 g/mol. The van der Waals surface area contributed by atoms with E-state index in [1.54, 1.807) is 0 Å². The average molecular weight is 433 g/mol. The van der Waals surface area contributed by atoms with Crippen LogP contribution in [0.15, 0.2) is 30.3 Å². The maximum absolute atomic E-state index is 13.6. The Morgan fingerprint density at radius 1 is 0.923 bits per heavy atom. The second-order valence-electron chi connectivity index (χ2n) is 5.10. The molecule has 1 rings (SSSR count). The molecule has 1 aromatic carbocycles. The topological polar surface area (TPSA) is 17.1 Å². The maximum Gasteiger partial charge on any atom is 0.460 e. The number of benzene rings is 1. The lowest BCUT2D eigenvalue weighted by Crippen LogP contribution is -2.61. The summed E-state index contributed by atoms with van der Waals surface area (Å²) in [5.74, 6) is -20.3. The summed E-state index contributed by atoms with van der Waals surface area (Å²) in [6.45, 7) is 0. The third kappa shape index (κ3) is 4.59. The van der Waals surface area contributed by atoms with Gasteiger partial charge in [0.1, 0.15) is 0 Å². The van der Waals surface area contributed by atoms with Crippen molar-refractivity contribution in [2.75, 3.05) is 5.88 Å². The fourth-order valence-electron chi connectivity index (χ4n) is 1.74. The molecule has 0 saturated heterocycles. The molecular formula is C14H10ClF9OS. The Bertz CT molecular complexity index is 619. The van der Waals surface area contributed by atoms with Gasteiger partial charge in [-0.1, -0.05) is 42.1 Å². The molecule has 0 amide bonds. The molecule has 1 nitrogen and oxygen atoms in total. The first-order chi connectivity index (χ1) is 11.7. The largest absolute Gasteiger partial charge is 0.460 e. The van der Waals surface area contributed by atoms with Crippen molar-refractivity contribution in [1.82, 2.24) is 0 Å². The number of hydrogen-bond acceptors (Lipinski definition) is 2. The molecule has 0 spiro atoms. The fraction of sp³-hybridized carbons (Fsp3) is 0.500. The number of rotatable bonds is 7. The van der Waals surface area contributed by atoms with Gasteiger partial charge < -0.3 is 0 Å². The Morgan fingerprint density at radius 2 is 1.42 bits per heavy atom. The SMILES string of the molecule is O=C(SC(CCl)CC(F)(F)C(F)(F)C(F)(F)C(F)(F)F)c1ccccc1. The van der Waals surface area contributed by atoms with Crippen molar-refractivity contribution in [2.45, 2.75) is 35.6 Å². The molecule has 148 valence electrons. The van der Waals surface area contributed by atoms with E-state index in [2.05, 4.69) is 0 Å². The summed E-state index contributed by atoms with van der Waals surface area (Å²) >= 11 is 5.35. The molecule has 1 aromatic rings. The highest BCUT2D eigenvalue weighted by Crippen LogP contribution is 2.54. The highest BCUT2D eigenvalue weighted by atomic mass is 35.5. The van der Waals surface area contributed by atoms with E-state index in [-0.39, 0.29) is 17.3 Å². The van der Waals surface area contributed by atoms with Crippen LogP contribution in [0.3, 0.4) is 0 Å². The van der Waals surface area contributed by atoms with Gasteiger partial charge in [0.05, 0.1) is 0 Å². The molecule has 12 heteroatoms. The van der Waals surface area contributed by atoms with E-state index in [1.807, 2.05) is 0 Å². The first-order valence-corrected chi connectivity index (χ1v) is 8.11. The van der Waals surface area contributed by atoms with E-state index < -0.39 is 46.6 Å². The molecule has 0 aromatic heterocycles. The van der Waals surface area contributed by atoms with E-state index in [0.29, 0.717) is 0 Å². The second-order valence-corrected chi connectivity index (χ2v) is 6.68. The van der Waals surface area contributed by atoms with Crippen LogP contribution >= 0.6 is 23.4 Å². The first kappa shape index (κ1) is 22.9. The van der Waals surface area contributed by atoms with Gasteiger partial charge in [-0.2, -0.15) is 39.5 Å². The van der Waals surface area contributed by atoms with Gasteiger partial charge in [-0.25, -0.2) is 0 Å². The molecule has 0 N–H and O–H groups in total. The van der Waals surface area contributed by atoms with Crippen LogP contribution in [0.4, 0.5) is 39.5 Å². The van der Waals surface area contributed by atoms with E-state index >= 15 is 0 Å². The lowest BCUT2D eigenvalue weighted by Gasteiger charge is -2.34. The average Bonchev–Trinajstić information content (AvgIpc) is 2.53. The number of thioether (sulfide) groups is 1. The Hall–Kier alpha value is -1.10. The highest BCUT2D eigenvalue weighted by Gasteiger charge is 2.81. The molecule has 1 atom stereocenters. The molecule has 0 aliphatic heterocycles. The molecule has 0 fully saturated rings. The Kier molecular flexibility index (Phi) is 6.95. The Morgan fingerprint density at radius 3 is 1.85 bits per heavy atom. The molecule has 0 aliphatic rings. The van der Waals surface area contributed by atoms with Crippen LogP contribution < -0.4 is 0 Å². The quantitative estimate of drug-likeness (QED) is 0.387. The number of alkyl halides is 10. The summed E-state index contributed by atoms with van der Waals surface area (Å²) < 4.78 is 116. The molecule has 0 saturated carbocycles. The van der Waals surface area contributed by atoms with E-state index in [9.17, 15) is 44.3 Å². The van der Waals surface area contributed by atoms with Crippen LogP contribution in [0.25, 0.3) is 0 Å². The van der Waals surface area contributed by atoms with Crippen molar-refractivity contribution in [3.63, 3.8) is 0 Å². The van der Waals surface area contributed by atoms with Crippen LogP contribution in [0.2, 0.25) is 0 Å². The van der Waals surface area contributed by atoms with E-state index in [4.69, 9.17) is 11.6 Å². The summed E-state index contributed by atoms with van der Waals surface area (Å²) in [4.78, 5) is 11.8. The minimum absolute atomic E-state index is 0.0108. The zero-order valence-corrected chi connectivity index (χ0v) is 14.0. The summed E-state index contributed by atoms with van der Waals surface area (Å²) in [7, 11) is 0. The summed E-state index contributed by atoms with van der Waals surface area (Å²) in [6, 6.07) is 6.89. The van der Waals surface area contributed by atoms with Gasteiger partial charge in [0.15, 0.2) is 0 Å². The van der Waals surface area contributed by atoms with E-state index in [1.165, 1.54) is 30.3 Å². The van der Waals surface area contributed by atoms with Gasteiger partial charge in [-0.15, -0.1) is 11.6 Å². The zero-order chi connectivity index (χ0) is 20.4. The summed E-state index contributed by atoms with van der Waals surface area (Å²) in [6.07, 6.45) is -9.04. The van der Waals surface area contributed by atoms with Gasteiger partial charge in [-0.3, -0.25) is 4.79 Å². The predicted molar refractivity (Wildman–Crippen MR) is 78.4 cm³/mol. The number of hydrogen-bond donors (Lipinski definition) is 0. The molecule has 0 radical (unpaired) electrons. The number of halogens is 10. The van der Waals surface area contributed by atoms with Crippen molar-refractivity contribution < 1.29 is 44.3 Å². The third-order valence-electron chi connectivity index (χ3n) is 3.15. The minimum atomic E-state index is -6.96. The molecule has 1 unspecified atom stereocenters. The zero-order valence-electron chi connectivity index (χ0n) is 12.5. The van der Waals surface area contributed by atoms with Gasteiger partial charge in [-0.05, 0) is 0 Å². The molecule has 0 bridgehead atoms. The Labute approximate surface area is 150 Å². The van der Waals surface area contributed by atoms with Crippen LogP contribution in [0.1, 0.15) is 16.8 Å². The van der Waals surface area contributed by atoms with Crippen LogP contribution in [-0.4, -0.2) is 40.2 Å². The summed E-state index contributed by atoms with van der Waals surface area (Å²) in [5, 5.41) is -2.70. The van der Waals surface area contributed by atoms with Gasteiger partial charge >= 0.3 is 23.9 Å². The Balaban J connectivity index is 2.99. The van der Waals surface area contributed by atoms with Crippen molar-refractivity contribution in [3.05, 3.63) is 35.9 Å². The van der Waals surface area contributed by atoms with Crippen LogP contribution in [0.5, 0.6) is 0 Å². The smallest absolute Gasteiger partial charge is 0.282 e.